The summed E-state index contributed by atoms with van der Waals surface area (Å²) in [5.74, 6) is 0. The molecule has 0 atom stereocenters. The molecule has 0 spiro atoms. The van der Waals surface area contributed by atoms with Crippen molar-refractivity contribution in [2.45, 2.75) is 26.7 Å². The van der Waals surface area contributed by atoms with Crippen LogP contribution in [-0.2, 0) is 0 Å². The molecule has 104 valence electrons. The van der Waals surface area contributed by atoms with E-state index in [0.29, 0.717) is 0 Å². The molecule has 4 nitrogen and oxygen atoms in total. The summed E-state index contributed by atoms with van der Waals surface area (Å²) in [5.41, 5.74) is 0. The maximum Gasteiger partial charge on any atom is 0.0104 e. The van der Waals surface area contributed by atoms with E-state index in [4.69, 9.17) is 0 Å². The topological polar surface area (TPSA) is 39.3 Å². The highest BCUT2D eigenvalue weighted by molar-refractivity contribution is 4.57. The van der Waals surface area contributed by atoms with E-state index in [1.54, 1.807) is 0 Å². The fraction of sp³-hybridized carbons (Fsp3) is 1.00. The van der Waals surface area contributed by atoms with E-state index in [9.17, 15) is 0 Å². The van der Waals surface area contributed by atoms with Crippen molar-refractivity contribution in [1.29, 1.82) is 0 Å². The van der Waals surface area contributed by atoms with Crippen LogP contribution in [-0.4, -0.2) is 64.3 Å². The van der Waals surface area contributed by atoms with E-state index in [1.165, 1.54) is 19.4 Å². The van der Waals surface area contributed by atoms with Crippen molar-refractivity contribution in [3.8, 4) is 0 Å². The summed E-state index contributed by atoms with van der Waals surface area (Å²) in [7, 11) is 2.18. The van der Waals surface area contributed by atoms with Gasteiger partial charge in [0.1, 0.15) is 0 Å². The highest BCUT2D eigenvalue weighted by Gasteiger charge is 1.94. The monoisotopic (exact) mass is 244 g/mol. The first kappa shape index (κ1) is 16.8. The Kier molecular flexibility index (Phi) is 13.8. The Morgan fingerprint density at radius 1 is 0.647 bits per heavy atom. The highest BCUT2D eigenvalue weighted by atomic mass is 15.1. The zero-order valence-corrected chi connectivity index (χ0v) is 12.0. The molecule has 3 N–H and O–H groups in total. The van der Waals surface area contributed by atoms with Crippen LogP contribution >= 0.6 is 0 Å². The molecule has 0 fully saturated rings. The molecule has 0 heterocycles. The third-order valence-corrected chi connectivity index (χ3v) is 2.66. The lowest BCUT2D eigenvalue weighted by molar-refractivity contribution is 0.332. The van der Waals surface area contributed by atoms with Gasteiger partial charge in [-0.05, 0) is 33.0 Å². The summed E-state index contributed by atoms with van der Waals surface area (Å²) >= 11 is 0. The van der Waals surface area contributed by atoms with Gasteiger partial charge in [0.25, 0.3) is 0 Å². The molecular formula is C13H32N4. The number of rotatable bonds is 13. The van der Waals surface area contributed by atoms with E-state index in [-0.39, 0.29) is 0 Å². The molecule has 0 aliphatic heterocycles. The predicted octanol–water partition coefficient (Wildman–Crippen LogP) is 0.507. The lowest BCUT2D eigenvalue weighted by Crippen LogP contribution is -2.35. The number of nitrogens with one attached hydrogen (secondary N) is 3. The van der Waals surface area contributed by atoms with E-state index in [1.807, 2.05) is 0 Å². The molecule has 0 rings (SSSR count). The number of likely N-dealkylation sites (N-methyl/N-ethyl adjacent to an activating group) is 1. The van der Waals surface area contributed by atoms with Gasteiger partial charge in [0, 0.05) is 39.3 Å². The van der Waals surface area contributed by atoms with Crippen molar-refractivity contribution in [2.24, 2.45) is 0 Å². The number of hydrogen-bond donors (Lipinski definition) is 3. The minimum atomic E-state index is 1.06. The zero-order chi connectivity index (χ0) is 12.8. The summed E-state index contributed by atoms with van der Waals surface area (Å²) in [6.45, 7) is 13.2. The molecule has 0 saturated heterocycles. The summed E-state index contributed by atoms with van der Waals surface area (Å²) in [5, 5.41) is 10.2. The molecule has 0 radical (unpaired) electrons. The fourth-order valence-corrected chi connectivity index (χ4v) is 1.67. The first-order valence-corrected chi connectivity index (χ1v) is 7.12. The second kappa shape index (κ2) is 13.9. The first-order chi connectivity index (χ1) is 8.31. The minimum absolute atomic E-state index is 1.06. The van der Waals surface area contributed by atoms with Gasteiger partial charge < -0.3 is 20.9 Å². The Labute approximate surface area is 108 Å². The molecule has 0 saturated carbocycles. The first-order valence-electron chi connectivity index (χ1n) is 7.12. The Balaban J connectivity index is 2.98. The van der Waals surface area contributed by atoms with Crippen molar-refractivity contribution >= 4 is 0 Å². The molecule has 0 aliphatic rings. The van der Waals surface area contributed by atoms with Crippen LogP contribution in [0.1, 0.15) is 26.7 Å². The van der Waals surface area contributed by atoms with Crippen LogP contribution in [0.15, 0.2) is 0 Å². The molecule has 0 aromatic heterocycles. The Hall–Kier alpha value is -0.160. The normalized spacial score (nSPS) is 11.3. The second-order valence-corrected chi connectivity index (χ2v) is 4.55. The molecule has 0 bridgehead atoms. The van der Waals surface area contributed by atoms with Gasteiger partial charge in [0.15, 0.2) is 0 Å². The van der Waals surface area contributed by atoms with E-state index in [0.717, 1.165) is 45.8 Å². The third kappa shape index (κ3) is 13.8. The maximum absolute atomic E-state index is 3.45. The summed E-state index contributed by atoms with van der Waals surface area (Å²) in [4.78, 5) is 2.37. The summed E-state index contributed by atoms with van der Waals surface area (Å²) in [6.07, 6.45) is 2.45. The average Bonchev–Trinajstić information content (AvgIpc) is 2.32. The Morgan fingerprint density at radius 3 is 1.71 bits per heavy atom. The van der Waals surface area contributed by atoms with Crippen molar-refractivity contribution in [2.75, 3.05) is 59.4 Å². The lowest BCUT2D eigenvalue weighted by Gasteiger charge is -2.15. The Morgan fingerprint density at radius 2 is 1.18 bits per heavy atom. The molecule has 0 aromatic rings. The highest BCUT2D eigenvalue weighted by Crippen LogP contribution is 1.83. The zero-order valence-electron chi connectivity index (χ0n) is 12.0. The molecule has 0 amide bonds. The lowest BCUT2D eigenvalue weighted by atomic mass is 10.4. The third-order valence-electron chi connectivity index (χ3n) is 2.66. The fourth-order valence-electron chi connectivity index (χ4n) is 1.67. The van der Waals surface area contributed by atoms with Crippen LogP contribution in [0.25, 0.3) is 0 Å². The predicted molar refractivity (Wildman–Crippen MR) is 76.7 cm³/mol. The molecule has 4 heteroatoms. The van der Waals surface area contributed by atoms with Crippen LogP contribution in [0.2, 0.25) is 0 Å². The van der Waals surface area contributed by atoms with E-state index in [2.05, 4.69) is 41.7 Å². The van der Waals surface area contributed by atoms with Gasteiger partial charge in [-0.3, -0.25) is 0 Å². The van der Waals surface area contributed by atoms with Gasteiger partial charge in [-0.1, -0.05) is 13.8 Å². The molecule has 17 heavy (non-hydrogen) atoms. The Bertz CT molecular complexity index is 141. The largest absolute Gasteiger partial charge is 0.315 e. The molecule has 0 aliphatic carbocycles. The SMILES string of the molecule is CCCNCCNCCNCCN(C)CCC. The number of hydrogen-bond acceptors (Lipinski definition) is 4. The quantitative estimate of drug-likeness (QED) is 0.413. The summed E-state index contributed by atoms with van der Waals surface area (Å²) in [6, 6.07) is 0. The van der Waals surface area contributed by atoms with Gasteiger partial charge in [-0.2, -0.15) is 0 Å². The van der Waals surface area contributed by atoms with Crippen LogP contribution in [0, 0.1) is 0 Å². The van der Waals surface area contributed by atoms with Crippen molar-refractivity contribution < 1.29 is 0 Å². The van der Waals surface area contributed by atoms with Crippen LogP contribution in [0.4, 0.5) is 0 Å². The van der Waals surface area contributed by atoms with E-state index < -0.39 is 0 Å². The van der Waals surface area contributed by atoms with Crippen molar-refractivity contribution in [3.63, 3.8) is 0 Å². The smallest absolute Gasteiger partial charge is 0.0104 e. The van der Waals surface area contributed by atoms with Gasteiger partial charge in [0.05, 0.1) is 0 Å². The van der Waals surface area contributed by atoms with Crippen molar-refractivity contribution in [3.05, 3.63) is 0 Å². The van der Waals surface area contributed by atoms with Gasteiger partial charge in [0.2, 0.25) is 0 Å². The van der Waals surface area contributed by atoms with Crippen LogP contribution in [0.5, 0.6) is 0 Å². The average molecular weight is 244 g/mol. The van der Waals surface area contributed by atoms with Crippen molar-refractivity contribution in [1.82, 2.24) is 20.9 Å². The van der Waals surface area contributed by atoms with Crippen LogP contribution < -0.4 is 16.0 Å². The summed E-state index contributed by atoms with van der Waals surface area (Å²) < 4.78 is 0. The standard InChI is InChI=1S/C13H32N4/c1-4-6-14-7-8-15-9-10-16-11-13-17(3)12-5-2/h14-16H,4-13H2,1-3H3. The van der Waals surface area contributed by atoms with E-state index >= 15 is 0 Å². The molecular weight excluding hydrogens is 212 g/mol. The molecule has 0 unspecified atom stereocenters. The minimum Gasteiger partial charge on any atom is -0.315 e. The van der Waals surface area contributed by atoms with Gasteiger partial charge >= 0.3 is 0 Å². The molecule has 0 aromatic carbocycles. The van der Waals surface area contributed by atoms with Crippen LogP contribution in [0.3, 0.4) is 0 Å². The second-order valence-electron chi connectivity index (χ2n) is 4.55. The van der Waals surface area contributed by atoms with Gasteiger partial charge in [-0.15, -0.1) is 0 Å². The maximum atomic E-state index is 3.45. The van der Waals surface area contributed by atoms with Gasteiger partial charge in [-0.25, -0.2) is 0 Å². The number of nitrogens with zero attached hydrogens (tertiary/aromatic N) is 1.